The quantitative estimate of drug-likeness (QED) is 0.837. The number of hydrogen-bond donors (Lipinski definition) is 1. The third-order valence-corrected chi connectivity index (χ3v) is 4.38. The molecule has 0 aromatic carbocycles. The molecule has 0 bridgehead atoms. The molecule has 3 nitrogen and oxygen atoms in total. The number of nitrogens with zero attached hydrogens (tertiary/aromatic N) is 1. The van der Waals surface area contributed by atoms with Gasteiger partial charge >= 0.3 is 0 Å². The molecule has 1 heterocycles. The van der Waals surface area contributed by atoms with E-state index in [1.807, 2.05) is 0 Å². The minimum absolute atomic E-state index is 0.274. The van der Waals surface area contributed by atoms with Crippen molar-refractivity contribution in [1.29, 1.82) is 0 Å². The summed E-state index contributed by atoms with van der Waals surface area (Å²) in [7, 11) is 0. The molecule has 0 aromatic rings. The van der Waals surface area contributed by atoms with Gasteiger partial charge in [0.2, 0.25) is 5.91 Å². The molecule has 0 radical (unpaired) electrons. The van der Waals surface area contributed by atoms with Crippen molar-refractivity contribution in [1.82, 2.24) is 10.2 Å². The van der Waals surface area contributed by atoms with Crippen LogP contribution in [0.15, 0.2) is 0 Å². The van der Waals surface area contributed by atoms with Crippen LogP contribution in [0.5, 0.6) is 0 Å². The standard InChI is InChI=1S/C15H28N2O/c1-11(2)8-13-16-10-14(18)17(13)12-6-5-7-15(3,4)9-12/h11-13,16H,5-10H2,1-4H3. The SMILES string of the molecule is CC(C)CC1NCC(=O)N1C1CCCC(C)(C)C1. The van der Waals surface area contributed by atoms with Crippen LogP contribution in [0.3, 0.4) is 0 Å². The van der Waals surface area contributed by atoms with E-state index in [1.165, 1.54) is 19.3 Å². The minimum atomic E-state index is 0.274. The number of amides is 1. The van der Waals surface area contributed by atoms with E-state index in [4.69, 9.17) is 0 Å². The first-order valence-corrected chi connectivity index (χ1v) is 7.43. The predicted molar refractivity (Wildman–Crippen MR) is 74.1 cm³/mol. The van der Waals surface area contributed by atoms with E-state index in [-0.39, 0.29) is 6.17 Å². The maximum atomic E-state index is 12.1. The lowest BCUT2D eigenvalue weighted by molar-refractivity contribution is -0.132. The van der Waals surface area contributed by atoms with Gasteiger partial charge in [-0.2, -0.15) is 0 Å². The smallest absolute Gasteiger partial charge is 0.238 e. The molecule has 1 N–H and O–H groups in total. The maximum absolute atomic E-state index is 12.1. The molecule has 2 aliphatic rings. The Kier molecular flexibility index (Phi) is 4.00. The first-order valence-electron chi connectivity index (χ1n) is 7.43. The summed E-state index contributed by atoms with van der Waals surface area (Å²) in [5.41, 5.74) is 0.397. The Morgan fingerprint density at radius 3 is 2.78 bits per heavy atom. The molecule has 1 saturated heterocycles. The minimum Gasteiger partial charge on any atom is -0.323 e. The van der Waals surface area contributed by atoms with Gasteiger partial charge in [-0.25, -0.2) is 0 Å². The van der Waals surface area contributed by atoms with Gasteiger partial charge in [-0.1, -0.05) is 34.1 Å². The molecule has 3 heteroatoms. The number of rotatable bonds is 3. The van der Waals surface area contributed by atoms with Gasteiger partial charge in [0.25, 0.3) is 0 Å². The van der Waals surface area contributed by atoms with Gasteiger partial charge in [-0.15, -0.1) is 0 Å². The largest absolute Gasteiger partial charge is 0.323 e. The van der Waals surface area contributed by atoms with Crippen LogP contribution < -0.4 is 5.32 Å². The normalized spacial score (nSPS) is 32.3. The highest BCUT2D eigenvalue weighted by Gasteiger charge is 2.39. The van der Waals surface area contributed by atoms with Gasteiger partial charge in [-0.05, 0) is 37.0 Å². The molecule has 0 aromatic heterocycles. The number of nitrogens with one attached hydrogen (secondary N) is 1. The van der Waals surface area contributed by atoms with Gasteiger partial charge in [-0.3, -0.25) is 10.1 Å². The molecule has 104 valence electrons. The molecule has 1 aliphatic heterocycles. The van der Waals surface area contributed by atoms with Crippen molar-refractivity contribution in [3.05, 3.63) is 0 Å². The molecule has 18 heavy (non-hydrogen) atoms. The van der Waals surface area contributed by atoms with E-state index in [0.717, 1.165) is 12.8 Å². The Bertz CT molecular complexity index is 312. The van der Waals surface area contributed by atoms with E-state index in [9.17, 15) is 4.79 Å². The Labute approximate surface area is 111 Å². The number of carbonyl (C=O) groups is 1. The van der Waals surface area contributed by atoms with Gasteiger partial charge in [0, 0.05) is 6.04 Å². The second-order valence-electron chi connectivity index (χ2n) is 7.24. The highest BCUT2D eigenvalue weighted by Crippen LogP contribution is 2.38. The molecule has 2 atom stereocenters. The van der Waals surface area contributed by atoms with E-state index < -0.39 is 0 Å². The van der Waals surface area contributed by atoms with Gasteiger partial charge in [0.05, 0.1) is 12.7 Å². The molecule has 1 aliphatic carbocycles. The first-order chi connectivity index (χ1) is 8.39. The summed E-state index contributed by atoms with van der Waals surface area (Å²) in [4.78, 5) is 14.3. The Balaban J connectivity index is 2.06. The molecular formula is C15H28N2O. The highest BCUT2D eigenvalue weighted by atomic mass is 16.2. The third-order valence-electron chi connectivity index (χ3n) is 4.38. The fraction of sp³-hybridized carbons (Fsp3) is 0.933. The monoisotopic (exact) mass is 252 g/mol. The van der Waals surface area contributed by atoms with Crippen molar-refractivity contribution in [3.8, 4) is 0 Å². The fourth-order valence-corrected chi connectivity index (χ4v) is 3.57. The molecule has 2 fully saturated rings. The highest BCUT2D eigenvalue weighted by molar-refractivity contribution is 5.81. The summed E-state index contributed by atoms with van der Waals surface area (Å²) < 4.78 is 0. The molecule has 1 amide bonds. The second-order valence-corrected chi connectivity index (χ2v) is 7.24. The van der Waals surface area contributed by atoms with E-state index in [2.05, 4.69) is 37.9 Å². The van der Waals surface area contributed by atoms with E-state index in [0.29, 0.717) is 29.8 Å². The van der Waals surface area contributed by atoms with Crippen LogP contribution in [0.2, 0.25) is 0 Å². The van der Waals surface area contributed by atoms with Gasteiger partial charge in [0.15, 0.2) is 0 Å². The molecular weight excluding hydrogens is 224 g/mol. The van der Waals surface area contributed by atoms with E-state index >= 15 is 0 Å². The van der Waals surface area contributed by atoms with E-state index in [1.54, 1.807) is 0 Å². The first kappa shape index (κ1) is 13.9. The zero-order chi connectivity index (χ0) is 13.3. The number of carbonyl (C=O) groups excluding carboxylic acids is 1. The summed E-state index contributed by atoms with van der Waals surface area (Å²) in [6, 6.07) is 0.458. The average Bonchev–Trinajstić information content (AvgIpc) is 2.57. The maximum Gasteiger partial charge on any atom is 0.238 e. The van der Waals surface area contributed by atoms with Gasteiger partial charge in [0.1, 0.15) is 0 Å². The lowest BCUT2D eigenvalue weighted by Crippen LogP contribution is -2.48. The van der Waals surface area contributed by atoms with Crippen molar-refractivity contribution >= 4 is 5.91 Å². The van der Waals surface area contributed by atoms with Crippen LogP contribution in [0.1, 0.15) is 59.8 Å². The molecule has 0 spiro atoms. The summed E-state index contributed by atoms with van der Waals surface area (Å²) >= 11 is 0. The summed E-state index contributed by atoms with van der Waals surface area (Å²) in [6.45, 7) is 9.67. The summed E-state index contributed by atoms with van der Waals surface area (Å²) in [5, 5.41) is 3.39. The molecule has 2 unspecified atom stereocenters. The van der Waals surface area contributed by atoms with Crippen LogP contribution >= 0.6 is 0 Å². The van der Waals surface area contributed by atoms with Crippen molar-refractivity contribution in [3.63, 3.8) is 0 Å². The predicted octanol–water partition coefficient (Wildman–Crippen LogP) is 2.76. The fourth-order valence-electron chi connectivity index (χ4n) is 3.57. The average molecular weight is 252 g/mol. The molecule has 2 rings (SSSR count). The zero-order valence-corrected chi connectivity index (χ0v) is 12.3. The lowest BCUT2D eigenvalue weighted by Gasteiger charge is -2.42. The van der Waals surface area contributed by atoms with Crippen LogP contribution in [-0.4, -0.2) is 29.6 Å². The summed E-state index contributed by atoms with van der Waals surface area (Å²) in [5.74, 6) is 0.941. The van der Waals surface area contributed by atoms with Crippen LogP contribution in [0, 0.1) is 11.3 Å². The Morgan fingerprint density at radius 2 is 2.17 bits per heavy atom. The van der Waals surface area contributed by atoms with Crippen LogP contribution in [0.4, 0.5) is 0 Å². The van der Waals surface area contributed by atoms with Crippen LogP contribution in [0.25, 0.3) is 0 Å². The second kappa shape index (κ2) is 5.20. The van der Waals surface area contributed by atoms with Crippen molar-refractivity contribution in [2.24, 2.45) is 11.3 Å². The van der Waals surface area contributed by atoms with Crippen molar-refractivity contribution in [2.45, 2.75) is 72.0 Å². The topological polar surface area (TPSA) is 32.3 Å². The Hall–Kier alpha value is -0.570. The van der Waals surface area contributed by atoms with Crippen molar-refractivity contribution in [2.75, 3.05) is 6.54 Å². The van der Waals surface area contributed by atoms with Crippen molar-refractivity contribution < 1.29 is 4.79 Å². The third kappa shape index (κ3) is 3.05. The lowest BCUT2D eigenvalue weighted by atomic mass is 9.74. The van der Waals surface area contributed by atoms with Crippen LogP contribution in [-0.2, 0) is 4.79 Å². The zero-order valence-electron chi connectivity index (χ0n) is 12.3. The molecule has 1 saturated carbocycles. The summed E-state index contributed by atoms with van der Waals surface area (Å²) in [6.07, 6.45) is 6.25. The Morgan fingerprint density at radius 1 is 1.44 bits per heavy atom. The van der Waals surface area contributed by atoms with Gasteiger partial charge < -0.3 is 4.90 Å². The number of hydrogen-bond acceptors (Lipinski definition) is 2.